The van der Waals surface area contributed by atoms with Gasteiger partial charge in [-0.3, -0.25) is 9.83 Å². The maximum atomic E-state index is 5.64. The molecule has 0 bridgehead atoms. The van der Waals surface area contributed by atoms with Crippen molar-refractivity contribution in [3.05, 3.63) is 75.2 Å². The van der Waals surface area contributed by atoms with Crippen LogP contribution >= 0.6 is 27.3 Å². The largest absolute Gasteiger partial charge is 0.480 e. The number of hydrogen-bond donors (Lipinski definition) is 2. The van der Waals surface area contributed by atoms with Gasteiger partial charge in [-0.2, -0.15) is 0 Å². The van der Waals surface area contributed by atoms with Crippen molar-refractivity contribution < 1.29 is 9.57 Å². The Kier molecular flexibility index (Phi) is 5.24. The van der Waals surface area contributed by atoms with Crippen LogP contribution in [-0.2, 0) is 11.3 Å². The van der Waals surface area contributed by atoms with E-state index < -0.39 is 0 Å². The highest BCUT2D eigenvalue weighted by Crippen LogP contribution is 2.34. The van der Waals surface area contributed by atoms with Gasteiger partial charge in [-0.15, -0.1) is 11.3 Å². The van der Waals surface area contributed by atoms with Crippen molar-refractivity contribution >= 4 is 43.2 Å². The van der Waals surface area contributed by atoms with Crippen LogP contribution in [0.4, 0.5) is 0 Å². The van der Waals surface area contributed by atoms with Gasteiger partial charge in [0.05, 0.1) is 17.9 Å². The van der Waals surface area contributed by atoms with Gasteiger partial charge >= 0.3 is 0 Å². The fourth-order valence-corrected chi connectivity index (χ4v) is 4.90. The average Bonchev–Trinajstić information content (AvgIpc) is 3.44. The Labute approximate surface area is 185 Å². The smallest absolute Gasteiger partial charge is 0.228 e. The molecule has 0 fully saturated rings. The van der Waals surface area contributed by atoms with E-state index in [1.807, 2.05) is 18.3 Å². The van der Waals surface area contributed by atoms with Crippen LogP contribution in [0.25, 0.3) is 10.1 Å². The number of imidazole rings is 1. The van der Waals surface area contributed by atoms with Crippen LogP contribution in [0.2, 0.25) is 0 Å². The molecule has 152 valence electrons. The Balaban J connectivity index is 1.45. The molecule has 0 radical (unpaired) electrons. The van der Waals surface area contributed by atoms with Gasteiger partial charge in [-0.1, -0.05) is 12.1 Å². The number of aromatic amines is 1. The van der Waals surface area contributed by atoms with Gasteiger partial charge in [0.25, 0.3) is 0 Å². The number of hydroxylamine groups is 1. The predicted molar refractivity (Wildman–Crippen MR) is 120 cm³/mol. The molecule has 1 aromatic carbocycles. The van der Waals surface area contributed by atoms with E-state index in [0.29, 0.717) is 24.0 Å². The van der Waals surface area contributed by atoms with E-state index in [1.54, 1.807) is 24.8 Å². The first-order valence-electron chi connectivity index (χ1n) is 9.35. The quantitative estimate of drug-likeness (QED) is 0.439. The molecule has 0 aliphatic carbocycles. The number of methoxy groups -OCH3 is 1. The average molecular weight is 484 g/mol. The molecule has 5 rings (SSSR count). The molecule has 9 heteroatoms. The van der Waals surface area contributed by atoms with Gasteiger partial charge in [-0.05, 0) is 56.0 Å². The number of amidine groups is 1. The number of halogens is 1. The number of H-pyrrole nitrogens is 1. The molecule has 0 saturated carbocycles. The Morgan fingerprint density at radius 1 is 1.30 bits per heavy atom. The summed E-state index contributed by atoms with van der Waals surface area (Å²) in [7, 11) is 1.59. The Morgan fingerprint density at radius 3 is 3.07 bits per heavy atom. The van der Waals surface area contributed by atoms with E-state index >= 15 is 0 Å². The number of hydrogen-bond acceptors (Lipinski definition) is 7. The van der Waals surface area contributed by atoms with Gasteiger partial charge in [0.15, 0.2) is 5.84 Å². The molecule has 0 saturated heterocycles. The lowest BCUT2D eigenvalue weighted by atomic mass is 10.0. The third-order valence-electron chi connectivity index (χ3n) is 4.92. The molecule has 7 nitrogen and oxygen atoms in total. The van der Waals surface area contributed by atoms with Crippen molar-refractivity contribution in [1.82, 2.24) is 20.4 Å². The first-order valence-corrected chi connectivity index (χ1v) is 11.0. The molecule has 1 aliphatic rings. The number of thiophene rings is 1. The number of rotatable bonds is 5. The second kappa shape index (κ2) is 8.17. The zero-order valence-corrected chi connectivity index (χ0v) is 18.5. The normalized spacial score (nSPS) is 16.3. The molecule has 2 N–H and O–H groups in total. The molecular formula is C21H18BrN5O2S. The summed E-state index contributed by atoms with van der Waals surface area (Å²) in [4.78, 5) is 22.3. The van der Waals surface area contributed by atoms with E-state index in [4.69, 9.17) is 14.6 Å². The predicted octanol–water partition coefficient (Wildman–Crippen LogP) is 4.40. The van der Waals surface area contributed by atoms with Gasteiger partial charge < -0.3 is 9.72 Å². The highest BCUT2D eigenvalue weighted by Gasteiger charge is 2.22. The van der Waals surface area contributed by atoms with Crippen molar-refractivity contribution in [3.63, 3.8) is 0 Å². The first kappa shape index (κ1) is 19.2. The molecule has 1 atom stereocenters. The third-order valence-corrected chi connectivity index (χ3v) is 6.49. The summed E-state index contributed by atoms with van der Waals surface area (Å²) in [6.45, 7) is 0.457. The fourth-order valence-electron chi connectivity index (χ4n) is 3.45. The third kappa shape index (κ3) is 3.71. The molecule has 0 amide bonds. The van der Waals surface area contributed by atoms with Gasteiger partial charge in [-0.25, -0.2) is 15.4 Å². The van der Waals surface area contributed by atoms with Crippen LogP contribution in [0.1, 0.15) is 28.6 Å². The summed E-state index contributed by atoms with van der Waals surface area (Å²) in [5, 5.41) is 3.37. The standard InChI is InChI=1S/C21H18BrN5O2S/c1-28-21-16(22)4-5-17(26-21)20-25-18(9-29-27-20)15-10-30-19-7-12(2-3-14(15)19)6-13-8-23-11-24-13/h2-5,7-8,10-11,18H,6,9H2,1H3,(H,23,24)(H,25,27). The zero-order valence-electron chi connectivity index (χ0n) is 16.1. The molecule has 4 aromatic rings. The summed E-state index contributed by atoms with van der Waals surface area (Å²) in [6.07, 6.45) is 4.40. The molecule has 1 aliphatic heterocycles. The van der Waals surface area contributed by atoms with Gasteiger partial charge in [0, 0.05) is 23.0 Å². The van der Waals surface area contributed by atoms with Crippen molar-refractivity contribution in [2.75, 3.05) is 13.7 Å². The van der Waals surface area contributed by atoms with Gasteiger partial charge in [0.1, 0.15) is 18.3 Å². The van der Waals surface area contributed by atoms with Gasteiger partial charge in [0.2, 0.25) is 5.88 Å². The Morgan fingerprint density at radius 2 is 2.23 bits per heavy atom. The van der Waals surface area contributed by atoms with Crippen molar-refractivity contribution in [2.24, 2.45) is 4.99 Å². The lowest BCUT2D eigenvalue weighted by Crippen LogP contribution is -2.33. The monoisotopic (exact) mass is 483 g/mol. The summed E-state index contributed by atoms with van der Waals surface area (Å²) in [5.74, 6) is 1.09. The minimum Gasteiger partial charge on any atom is -0.480 e. The summed E-state index contributed by atoms with van der Waals surface area (Å²) in [6, 6.07) is 10.2. The Hall–Kier alpha value is -2.75. The molecule has 0 spiro atoms. The highest BCUT2D eigenvalue weighted by atomic mass is 79.9. The lowest BCUT2D eigenvalue weighted by molar-refractivity contribution is 0.0624. The number of aromatic nitrogens is 3. The zero-order chi connectivity index (χ0) is 20.5. The number of nitrogens with zero attached hydrogens (tertiary/aromatic N) is 3. The minimum absolute atomic E-state index is 0.107. The number of fused-ring (bicyclic) bond motifs is 1. The number of aliphatic imine (C=N–C) groups is 1. The number of ether oxygens (including phenoxy) is 1. The summed E-state index contributed by atoms with van der Waals surface area (Å²) in [5.41, 5.74) is 7.07. The number of pyridine rings is 1. The Bertz CT molecular complexity index is 1220. The second-order valence-electron chi connectivity index (χ2n) is 6.87. The number of nitrogens with one attached hydrogen (secondary N) is 2. The SMILES string of the molecule is COc1nc(C2=NC(c3csc4cc(Cc5cnc[nH]5)ccc34)CON2)ccc1Br. The summed E-state index contributed by atoms with van der Waals surface area (Å²) < 4.78 is 7.32. The van der Waals surface area contributed by atoms with Crippen LogP contribution < -0.4 is 10.2 Å². The van der Waals surface area contributed by atoms with E-state index in [2.05, 4.69) is 59.9 Å². The lowest BCUT2D eigenvalue weighted by Gasteiger charge is -2.21. The van der Waals surface area contributed by atoms with Crippen LogP contribution in [0, 0.1) is 0 Å². The molecular weight excluding hydrogens is 466 g/mol. The van der Waals surface area contributed by atoms with E-state index in [0.717, 1.165) is 22.2 Å². The maximum absolute atomic E-state index is 5.64. The number of benzene rings is 1. The van der Waals surface area contributed by atoms with Crippen LogP contribution in [0.5, 0.6) is 5.88 Å². The van der Waals surface area contributed by atoms with E-state index in [9.17, 15) is 0 Å². The van der Waals surface area contributed by atoms with E-state index in [1.165, 1.54) is 15.6 Å². The molecule has 3 aromatic heterocycles. The minimum atomic E-state index is -0.107. The van der Waals surface area contributed by atoms with Crippen molar-refractivity contribution in [3.8, 4) is 5.88 Å². The van der Waals surface area contributed by atoms with Crippen LogP contribution in [0.15, 0.2) is 57.7 Å². The second-order valence-corrected chi connectivity index (χ2v) is 8.63. The molecule has 1 unspecified atom stereocenters. The highest BCUT2D eigenvalue weighted by molar-refractivity contribution is 9.10. The van der Waals surface area contributed by atoms with Crippen LogP contribution in [-0.4, -0.2) is 34.5 Å². The topological polar surface area (TPSA) is 84.4 Å². The van der Waals surface area contributed by atoms with E-state index in [-0.39, 0.29) is 6.04 Å². The van der Waals surface area contributed by atoms with Crippen LogP contribution in [0.3, 0.4) is 0 Å². The first-order chi connectivity index (χ1) is 14.7. The van der Waals surface area contributed by atoms with Crippen molar-refractivity contribution in [1.29, 1.82) is 0 Å². The molecule has 4 heterocycles. The maximum Gasteiger partial charge on any atom is 0.228 e. The summed E-state index contributed by atoms with van der Waals surface area (Å²) >= 11 is 5.15. The fraction of sp³-hybridized carbons (Fsp3) is 0.190. The molecule has 30 heavy (non-hydrogen) atoms. The van der Waals surface area contributed by atoms with Crippen molar-refractivity contribution in [2.45, 2.75) is 12.5 Å².